The van der Waals surface area contributed by atoms with E-state index in [0.717, 1.165) is 12.8 Å². The Morgan fingerprint density at radius 3 is 1.83 bits per heavy atom. The third-order valence-corrected chi connectivity index (χ3v) is 7.07. The monoisotopic (exact) mass is 397 g/mol. The highest BCUT2D eigenvalue weighted by Gasteiger charge is 2.47. The minimum absolute atomic E-state index is 0.0573. The van der Waals surface area contributed by atoms with Gasteiger partial charge in [0.15, 0.2) is 0 Å². The van der Waals surface area contributed by atoms with E-state index in [1.807, 2.05) is 27.7 Å². The van der Waals surface area contributed by atoms with Crippen molar-refractivity contribution in [1.29, 1.82) is 0 Å². The summed E-state index contributed by atoms with van der Waals surface area (Å²) in [6.45, 7) is 19.6. The third-order valence-electron chi connectivity index (χ3n) is 7.07. The maximum Gasteiger partial charge on any atom is 0.138 e. The number of rotatable bonds is 10. The fourth-order valence-corrected chi connectivity index (χ4v) is 4.19. The molecular formula is C22H43B4NO2. The van der Waals surface area contributed by atoms with E-state index in [1.165, 1.54) is 6.42 Å². The van der Waals surface area contributed by atoms with Gasteiger partial charge >= 0.3 is 0 Å². The molecular weight excluding hydrogens is 353 g/mol. The van der Waals surface area contributed by atoms with Gasteiger partial charge in [0.2, 0.25) is 0 Å². The van der Waals surface area contributed by atoms with E-state index in [4.69, 9.17) is 25.9 Å². The predicted molar refractivity (Wildman–Crippen MR) is 130 cm³/mol. The number of carbonyl (C=O) groups excluding carboxylic acids is 1. The first kappa shape index (κ1) is 26.9. The Balaban J connectivity index is 2.54. The summed E-state index contributed by atoms with van der Waals surface area (Å²) in [6, 6.07) is 0. The van der Waals surface area contributed by atoms with Crippen LogP contribution in [-0.4, -0.2) is 46.8 Å². The molecule has 3 nitrogen and oxygen atoms in total. The van der Waals surface area contributed by atoms with Gasteiger partial charge in [0.05, 0.1) is 0 Å². The zero-order chi connectivity index (χ0) is 22.8. The standard InChI is InChI=1S/C22H43B4NO2/c1-19(2,3)18(28)12-13-22(9,27)29-15-14-21(7,8)26(24)17-11-10-16(17)25(23)20(4,5)6/h16-17H,10-15,27H2,1-9H3. The zero-order valence-electron chi connectivity index (χ0n) is 20.6. The number of nitrogens with two attached hydrogens (primary N) is 1. The number of ether oxygens (including phenoxy) is 1. The van der Waals surface area contributed by atoms with Crippen molar-refractivity contribution in [2.75, 3.05) is 6.61 Å². The van der Waals surface area contributed by atoms with E-state index >= 15 is 0 Å². The Labute approximate surface area is 184 Å². The Morgan fingerprint density at radius 2 is 1.41 bits per heavy atom. The lowest BCUT2D eigenvalue weighted by Crippen LogP contribution is -2.47. The molecule has 0 bridgehead atoms. The first-order valence-corrected chi connectivity index (χ1v) is 11.4. The largest absolute Gasteiger partial charge is 0.361 e. The second-order valence-electron chi connectivity index (χ2n) is 12.4. The van der Waals surface area contributed by atoms with Crippen molar-refractivity contribution in [2.45, 2.75) is 122 Å². The molecule has 0 amide bonds. The summed E-state index contributed by atoms with van der Waals surface area (Å²) < 4.78 is 5.98. The molecule has 0 aromatic rings. The molecule has 0 spiro atoms. The van der Waals surface area contributed by atoms with E-state index < -0.39 is 5.72 Å². The van der Waals surface area contributed by atoms with Gasteiger partial charge in [0.25, 0.3) is 0 Å². The van der Waals surface area contributed by atoms with Crippen molar-refractivity contribution in [2.24, 2.45) is 11.1 Å². The Hall–Kier alpha value is -0.150. The van der Waals surface area contributed by atoms with Gasteiger partial charge in [-0.15, -0.1) is 0 Å². The van der Waals surface area contributed by atoms with Crippen molar-refractivity contribution in [3.05, 3.63) is 0 Å². The SMILES string of the molecule is [B]B(C1CCC1B([B])C(C)(C)CCOC(C)(N)CCC(=O)C(C)(C)C)C(C)(C)C. The first-order chi connectivity index (χ1) is 12.9. The van der Waals surface area contributed by atoms with Gasteiger partial charge < -0.3 is 10.5 Å². The second kappa shape index (κ2) is 9.55. The lowest BCUT2D eigenvalue weighted by atomic mass is 9.04. The number of carbonyl (C=O) groups is 1. The lowest BCUT2D eigenvalue weighted by molar-refractivity contribution is -0.128. The van der Waals surface area contributed by atoms with Gasteiger partial charge in [-0.25, -0.2) is 0 Å². The van der Waals surface area contributed by atoms with Gasteiger partial charge in [-0.3, -0.25) is 4.79 Å². The van der Waals surface area contributed by atoms with E-state index in [1.54, 1.807) is 0 Å². The molecule has 1 aliphatic rings. The molecule has 3 atom stereocenters. The molecule has 0 heterocycles. The van der Waals surface area contributed by atoms with E-state index in [9.17, 15) is 4.79 Å². The molecule has 1 aliphatic carbocycles. The van der Waals surface area contributed by atoms with E-state index in [0.29, 0.717) is 31.1 Å². The smallest absolute Gasteiger partial charge is 0.138 e. The maximum absolute atomic E-state index is 12.2. The van der Waals surface area contributed by atoms with Crippen LogP contribution in [0.25, 0.3) is 0 Å². The molecule has 3 unspecified atom stereocenters. The molecule has 1 saturated carbocycles. The summed E-state index contributed by atoms with van der Waals surface area (Å²) in [5.74, 6) is 1.17. The van der Waals surface area contributed by atoms with Gasteiger partial charge in [0, 0.05) is 33.9 Å². The van der Waals surface area contributed by atoms with Gasteiger partial charge in [-0.2, -0.15) is 0 Å². The molecule has 0 aliphatic heterocycles. The van der Waals surface area contributed by atoms with Gasteiger partial charge in [0.1, 0.15) is 24.7 Å². The molecule has 4 radical (unpaired) electrons. The second-order valence-corrected chi connectivity index (χ2v) is 12.4. The summed E-state index contributed by atoms with van der Waals surface area (Å²) in [4.78, 5) is 12.2. The topological polar surface area (TPSA) is 52.3 Å². The quantitative estimate of drug-likeness (QED) is 0.422. The fraction of sp³-hybridized carbons (Fsp3) is 0.955. The highest BCUT2D eigenvalue weighted by atomic mass is 16.5. The van der Waals surface area contributed by atoms with Crippen LogP contribution in [0, 0.1) is 5.41 Å². The van der Waals surface area contributed by atoms with Crippen molar-refractivity contribution in [3.63, 3.8) is 0 Å². The molecule has 1 fully saturated rings. The van der Waals surface area contributed by atoms with Gasteiger partial charge in [-0.05, 0) is 19.8 Å². The van der Waals surface area contributed by atoms with Crippen molar-refractivity contribution < 1.29 is 9.53 Å². The molecule has 0 saturated heterocycles. The summed E-state index contributed by atoms with van der Waals surface area (Å²) in [5, 5.41) is 0.0421. The number of ketones is 1. The molecule has 29 heavy (non-hydrogen) atoms. The van der Waals surface area contributed by atoms with E-state index in [2.05, 4.69) is 34.6 Å². The number of hydrogen-bond acceptors (Lipinski definition) is 3. The first-order valence-electron chi connectivity index (χ1n) is 11.4. The van der Waals surface area contributed by atoms with Crippen LogP contribution in [0.4, 0.5) is 0 Å². The molecule has 2 N–H and O–H groups in total. The predicted octanol–water partition coefficient (Wildman–Crippen LogP) is 4.90. The van der Waals surface area contributed by atoms with Crippen molar-refractivity contribution in [3.8, 4) is 0 Å². The summed E-state index contributed by atoms with van der Waals surface area (Å²) in [7, 11) is 13.3. The lowest BCUT2D eigenvalue weighted by Gasteiger charge is -2.51. The van der Waals surface area contributed by atoms with Crippen LogP contribution in [-0.2, 0) is 9.53 Å². The van der Waals surface area contributed by atoms with E-state index in [-0.39, 0.29) is 35.0 Å². The van der Waals surface area contributed by atoms with Crippen LogP contribution in [0.1, 0.15) is 94.4 Å². The normalized spacial score (nSPS) is 22.6. The average Bonchev–Trinajstić information content (AvgIpc) is 2.49. The van der Waals surface area contributed by atoms with Gasteiger partial charge in [-0.1, -0.05) is 90.5 Å². The Kier molecular flexibility index (Phi) is 8.85. The minimum atomic E-state index is -0.797. The molecule has 1 rings (SSSR count). The molecule has 160 valence electrons. The molecule has 0 aromatic carbocycles. The van der Waals surface area contributed by atoms with Crippen LogP contribution in [0.5, 0.6) is 0 Å². The average molecular weight is 397 g/mol. The molecule has 0 aromatic heterocycles. The summed E-state index contributed by atoms with van der Waals surface area (Å²) in [6.07, 6.45) is 4.13. The van der Waals surface area contributed by atoms with Crippen LogP contribution in [0.3, 0.4) is 0 Å². The third kappa shape index (κ3) is 7.80. The Morgan fingerprint density at radius 1 is 0.931 bits per heavy atom. The molecule has 7 heteroatoms. The van der Waals surface area contributed by atoms with Crippen LogP contribution >= 0.6 is 0 Å². The zero-order valence-corrected chi connectivity index (χ0v) is 20.6. The van der Waals surface area contributed by atoms with Crippen molar-refractivity contribution >= 4 is 34.5 Å². The Bertz CT molecular complexity index is 552. The highest BCUT2D eigenvalue weighted by molar-refractivity contribution is 7.10. The number of Topliss-reactive ketones (excluding diaryl/α,β-unsaturated/α-hetero) is 1. The maximum atomic E-state index is 12.2. The minimum Gasteiger partial charge on any atom is -0.361 e. The summed E-state index contributed by atoms with van der Waals surface area (Å²) >= 11 is 0. The van der Waals surface area contributed by atoms with Crippen LogP contribution in [0.2, 0.25) is 22.3 Å². The number of hydrogen-bond donors (Lipinski definition) is 1. The summed E-state index contributed by atoms with van der Waals surface area (Å²) in [5.41, 5.74) is 5.17. The van der Waals surface area contributed by atoms with Crippen molar-refractivity contribution in [1.82, 2.24) is 0 Å². The fourth-order valence-electron chi connectivity index (χ4n) is 4.19. The highest BCUT2D eigenvalue weighted by Crippen LogP contribution is 2.56. The van der Waals surface area contributed by atoms with Crippen LogP contribution in [0.15, 0.2) is 0 Å². The van der Waals surface area contributed by atoms with Crippen LogP contribution < -0.4 is 5.73 Å².